The third kappa shape index (κ3) is 2.48. The molecule has 0 aliphatic rings. The summed E-state index contributed by atoms with van der Waals surface area (Å²) in [7, 11) is 0. The van der Waals surface area contributed by atoms with Crippen LogP contribution in [0.5, 0.6) is 0 Å². The molecule has 0 bridgehead atoms. The summed E-state index contributed by atoms with van der Waals surface area (Å²) in [6, 6.07) is 7.43. The average Bonchev–Trinajstić information content (AvgIpc) is 2.92. The molecule has 2 heterocycles. The zero-order valence-corrected chi connectivity index (χ0v) is 13.3. The number of fused-ring (bicyclic) bond motifs is 1. The molecule has 0 spiro atoms. The molecule has 7 heteroatoms. The van der Waals surface area contributed by atoms with Crippen molar-refractivity contribution in [2.24, 2.45) is 0 Å². The lowest BCUT2D eigenvalue weighted by atomic mass is 10.1. The Kier molecular flexibility index (Phi) is 3.47. The second-order valence-corrected chi connectivity index (χ2v) is 7.04. The molecule has 0 saturated carbocycles. The number of aromatic nitrogens is 2. The molecule has 2 aromatic heterocycles. The lowest BCUT2D eigenvalue weighted by Gasteiger charge is -2.10. The molecule has 3 nitrogen and oxygen atoms in total. The van der Waals surface area contributed by atoms with Gasteiger partial charge in [0.05, 0.1) is 20.7 Å². The normalized spacial score (nSPS) is 13.0. The number of imidazole rings is 1. The molecule has 1 aromatic carbocycles. The van der Waals surface area contributed by atoms with Gasteiger partial charge in [-0.15, -0.1) is 22.9 Å². The van der Waals surface area contributed by atoms with Crippen LogP contribution in [-0.4, -0.2) is 9.97 Å². The lowest BCUT2D eigenvalue weighted by Crippen LogP contribution is -1.99. The van der Waals surface area contributed by atoms with Crippen molar-refractivity contribution in [3.8, 4) is 0 Å². The Morgan fingerprint density at radius 3 is 2.53 bits per heavy atom. The molecule has 0 aliphatic heterocycles. The number of halogens is 3. The summed E-state index contributed by atoms with van der Waals surface area (Å²) < 4.78 is 1.55. The summed E-state index contributed by atoms with van der Waals surface area (Å²) in [5, 5.41) is -0.310. The quantitative estimate of drug-likeness (QED) is 0.626. The highest BCUT2D eigenvalue weighted by molar-refractivity contribution is 9.10. The van der Waals surface area contributed by atoms with Crippen LogP contribution < -0.4 is 5.69 Å². The molecular formula is C12H7BrCl2N2OS. The number of rotatable bonds is 2. The van der Waals surface area contributed by atoms with Crippen LogP contribution in [0.4, 0.5) is 0 Å². The number of aromatic amines is 2. The van der Waals surface area contributed by atoms with Gasteiger partial charge in [-0.2, -0.15) is 0 Å². The van der Waals surface area contributed by atoms with Crippen LogP contribution in [0.3, 0.4) is 0 Å². The van der Waals surface area contributed by atoms with Gasteiger partial charge in [-0.05, 0) is 29.8 Å². The van der Waals surface area contributed by atoms with Crippen LogP contribution in [0.25, 0.3) is 11.0 Å². The number of H-pyrrole nitrogens is 2. The maximum absolute atomic E-state index is 11.3. The first-order valence-electron chi connectivity index (χ1n) is 5.35. The summed E-state index contributed by atoms with van der Waals surface area (Å²) in [5.41, 5.74) is 2.14. The van der Waals surface area contributed by atoms with Crippen molar-refractivity contribution in [3.05, 3.63) is 54.0 Å². The third-order valence-corrected chi connectivity index (χ3v) is 5.33. The van der Waals surface area contributed by atoms with E-state index in [9.17, 15) is 4.79 Å². The molecule has 3 aromatic rings. The number of thiophene rings is 1. The molecule has 1 atom stereocenters. The first-order valence-corrected chi connectivity index (χ1v) is 7.78. The maximum atomic E-state index is 11.3. The van der Waals surface area contributed by atoms with E-state index in [-0.39, 0.29) is 11.1 Å². The molecule has 2 N–H and O–H groups in total. The van der Waals surface area contributed by atoms with Crippen molar-refractivity contribution < 1.29 is 0 Å². The van der Waals surface area contributed by atoms with E-state index in [0.29, 0.717) is 4.34 Å². The number of benzene rings is 1. The van der Waals surface area contributed by atoms with Crippen LogP contribution >= 0.6 is 50.5 Å². The van der Waals surface area contributed by atoms with Gasteiger partial charge in [0.25, 0.3) is 0 Å². The summed E-state index contributed by atoms with van der Waals surface area (Å²) in [4.78, 5) is 17.7. The van der Waals surface area contributed by atoms with Gasteiger partial charge in [-0.3, -0.25) is 0 Å². The van der Waals surface area contributed by atoms with E-state index < -0.39 is 0 Å². The Morgan fingerprint density at radius 2 is 1.89 bits per heavy atom. The zero-order valence-electron chi connectivity index (χ0n) is 9.34. The van der Waals surface area contributed by atoms with Crippen molar-refractivity contribution >= 4 is 61.5 Å². The number of nitrogens with one attached hydrogen (secondary N) is 2. The number of hydrogen-bond acceptors (Lipinski definition) is 2. The molecule has 0 saturated heterocycles. The Morgan fingerprint density at radius 1 is 1.21 bits per heavy atom. The van der Waals surface area contributed by atoms with Crippen molar-refractivity contribution in [3.63, 3.8) is 0 Å². The van der Waals surface area contributed by atoms with Gasteiger partial charge in [0.2, 0.25) is 0 Å². The van der Waals surface area contributed by atoms with E-state index >= 15 is 0 Å². The second-order valence-electron chi connectivity index (χ2n) is 4.00. The predicted molar refractivity (Wildman–Crippen MR) is 83.6 cm³/mol. The predicted octanol–water partition coefficient (Wildman–Crippen LogP) is 4.66. The van der Waals surface area contributed by atoms with Gasteiger partial charge >= 0.3 is 5.69 Å². The van der Waals surface area contributed by atoms with Crippen molar-refractivity contribution in [2.75, 3.05) is 0 Å². The smallest absolute Gasteiger partial charge is 0.306 e. The van der Waals surface area contributed by atoms with E-state index in [1.54, 1.807) is 0 Å². The fourth-order valence-electron chi connectivity index (χ4n) is 1.88. The third-order valence-electron chi connectivity index (χ3n) is 2.75. The molecule has 0 radical (unpaired) electrons. The SMILES string of the molecule is O=c1[nH]c2cc(Br)c(C(Cl)c3ccc(Cl)s3)cc2[nH]1. The monoisotopic (exact) mass is 376 g/mol. The molecule has 1 unspecified atom stereocenters. The summed E-state index contributed by atoms with van der Waals surface area (Å²) >= 11 is 17.3. The van der Waals surface area contributed by atoms with Crippen LogP contribution in [-0.2, 0) is 0 Å². The van der Waals surface area contributed by atoms with Crippen molar-refractivity contribution in [1.82, 2.24) is 9.97 Å². The largest absolute Gasteiger partial charge is 0.323 e. The van der Waals surface area contributed by atoms with Gasteiger partial charge in [0, 0.05) is 9.35 Å². The van der Waals surface area contributed by atoms with Gasteiger partial charge in [-0.1, -0.05) is 27.5 Å². The van der Waals surface area contributed by atoms with Crippen LogP contribution in [0, 0.1) is 0 Å². The first-order chi connectivity index (χ1) is 9.04. The molecule has 3 rings (SSSR count). The Bertz CT molecular complexity index is 808. The maximum Gasteiger partial charge on any atom is 0.323 e. The molecule has 0 aliphatic carbocycles. The summed E-state index contributed by atoms with van der Waals surface area (Å²) in [6.07, 6.45) is 0. The highest BCUT2D eigenvalue weighted by Crippen LogP contribution is 2.39. The fraction of sp³-hybridized carbons (Fsp3) is 0.0833. The molecule has 0 fully saturated rings. The van der Waals surface area contributed by atoms with E-state index in [1.807, 2.05) is 24.3 Å². The second kappa shape index (κ2) is 4.98. The number of alkyl halides is 1. The fourth-order valence-corrected chi connectivity index (χ4v) is 4.03. The Labute approximate surface area is 130 Å². The molecule has 98 valence electrons. The lowest BCUT2D eigenvalue weighted by molar-refractivity contribution is 1.17. The van der Waals surface area contributed by atoms with Crippen LogP contribution in [0.2, 0.25) is 4.34 Å². The molecule has 19 heavy (non-hydrogen) atoms. The van der Waals surface area contributed by atoms with Gasteiger partial charge < -0.3 is 9.97 Å². The number of hydrogen-bond donors (Lipinski definition) is 2. The highest BCUT2D eigenvalue weighted by Gasteiger charge is 2.17. The summed E-state index contributed by atoms with van der Waals surface area (Å²) in [6.45, 7) is 0. The summed E-state index contributed by atoms with van der Waals surface area (Å²) in [5.74, 6) is 0. The standard InChI is InChI=1S/C12H7BrCl2N2OS/c13-6-4-8-7(16-12(18)17-8)3-5(6)11(15)9-1-2-10(14)19-9/h1-4,11H,(H2,16,17,18). The minimum Gasteiger partial charge on any atom is -0.306 e. The van der Waals surface area contributed by atoms with Crippen LogP contribution in [0.15, 0.2) is 33.5 Å². The van der Waals surface area contributed by atoms with Crippen LogP contribution in [0.1, 0.15) is 15.8 Å². The average molecular weight is 378 g/mol. The van der Waals surface area contributed by atoms with Gasteiger partial charge in [0.1, 0.15) is 0 Å². The molecule has 0 amide bonds. The Hall–Kier alpha value is -0.750. The molecular weight excluding hydrogens is 371 g/mol. The van der Waals surface area contributed by atoms with E-state index in [2.05, 4.69) is 25.9 Å². The highest BCUT2D eigenvalue weighted by atomic mass is 79.9. The van der Waals surface area contributed by atoms with Crippen molar-refractivity contribution in [2.45, 2.75) is 5.38 Å². The minimum absolute atomic E-state index is 0.232. The Balaban J connectivity index is 2.13. The zero-order chi connectivity index (χ0) is 13.6. The first kappa shape index (κ1) is 13.2. The van der Waals surface area contributed by atoms with Gasteiger partial charge in [-0.25, -0.2) is 4.79 Å². The minimum atomic E-state index is -0.310. The van der Waals surface area contributed by atoms with E-state index in [1.165, 1.54) is 11.3 Å². The van der Waals surface area contributed by atoms with Crippen molar-refractivity contribution in [1.29, 1.82) is 0 Å². The topological polar surface area (TPSA) is 48.6 Å². The van der Waals surface area contributed by atoms with Gasteiger partial charge in [0.15, 0.2) is 0 Å². The van der Waals surface area contributed by atoms with E-state index in [0.717, 1.165) is 25.9 Å². The van der Waals surface area contributed by atoms with E-state index in [4.69, 9.17) is 23.2 Å².